The zero-order chi connectivity index (χ0) is 27.4. The Bertz CT molecular complexity index is 1480. The van der Waals surface area contributed by atoms with Gasteiger partial charge in [-0.1, -0.05) is 35.9 Å². The van der Waals surface area contributed by atoms with Crippen molar-refractivity contribution >= 4 is 41.2 Å². The highest BCUT2D eigenvalue weighted by Crippen LogP contribution is 2.35. The van der Waals surface area contributed by atoms with Crippen LogP contribution in [-0.2, 0) is 22.6 Å². The van der Waals surface area contributed by atoms with E-state index in [1.807, 2.05) is 38.1 Å². The Morgan fingerprint density at radius 3 is 2.50 bits per heavy atom. The Labute approximate surface area is 226 Å². The van der Waals surface area contributed by atoms with Crippen LogP contribution in [-0.4, -0.2) is 25.0 Å². The third kappa shape index (κ3) is 5.63. The highest BCUT2D eigenvalue weighted by Gasteiger charge is 2.37. The van der Waals surface area contributed by atoms with E-state index >= 15 is 0 Å². The van der Waals surface area contributed by atoms with Gasteiger partial charge in [-0.05, 0) is 85.0 Å². The summed E-state index contributed by atoms with van der Waals surface area (Å²) in [6, 6.07) is 15.2. The maximum Gasteiger partial charge on any atom is 0.335 e. The van der Waals surface area contributed by atoms with E-state index in [1.165, 1.54) is 13.2 Å². The maximum absolute atomic E-state index is 13.4. The summed E-state index contributed by atoms with van der Waals surface area (Å²) in [5.41, 5.74) is 4.30. The molecule has 3 aromatic carbocycles. The minimum Gasteiger partial charge on any atom is -0.493 e. The molecule has 4 amide bonds. The largest absolute Gasteiger partial charge is 0.493 e. The van der Waals surface area contributed by atoms with Crippen molar-refractivity contribution in [1.82, 2.24) is 5.32 Å². The molecule has 38 heavy (non-hydrogen) atoms. The van der Waals surface area contributed by atoms with E-state index in [0.29, 0.717) is 34.2 Å². The number of hydrogen-bond acceptors (Lipinski definition) is 5. The molecule has 1 aliphatic rings. The molecule has 194 valence electrons. The minimum atomic E-state index is -0.796. The molecule has 1 fully saturated rings. The molecule has 1 aliphatic heterocycles. The number of hydrogen-bond donors (Lipinski definition) is 1. The molecule has 0 saturated carbocycles. The van der Waals surface area contributed by atoms with Crippen molar-refractivity contribution in [2.45, 2.75) is 26.9 Å². The normalized spacial score (nSPS) is 14.5. The SMILES string of the molecule is C=CCc1cc(/C=C2\C(=O)NC(=O)N(c3ccc(C)c(C)c3)C2=O)cc(OC)c1OCc1cccc(Cl)c1. The highest BCUT2D eigenvalue weighted by atomic mass is 35.5. The molecule has 3 aromatic rings. The summed E-state index contributed by atoms with van der Waals surface area (Å²) in [5.74, 6) is -0.553. The number of ether oxygens (including phenoxy) is 2. The van der Waals surface area contributed by atoms with Gasteiger partial charge in [-0.15, -0.1) is 6.58 Å². The third-order valence-corrected chi connectivity index (χ3v) is 6.41. The van der Waals surface area contributed by atoms with Crippen molar-refractivity contribution in [2.24, 2.45) is 0 Å². The lowest BCUT2D eigenvalue weighted by Crippen LogP contribution is -2.54. The van der Waals surface area contributed by atoms with Crippen molar-refractivity contribution in [3.05, 3.63) is 106 Å². The number of imide groups is 2. The van der Waals surface area contributed by atoms with Gasteiger partial charge in [0.1, 0.15) is 12.2 Å². The second-order valence-electron chi connectivity index (χ2n) is 8.85. The number of amides is 4. The topological polar surface area (TPSA) is 84.9 Å². The fraction of sp³-hybridized carbons (Fsp3) is 0.167. The van der Waals surface area contributed by atoms with Crippen molar-refractivity contribution in [1.29, 1.82) is 0 Å². The number of aryl methyl sites for hydroxylation is 2. The van der Waals surface area contributed by atoms with Crippen LogP contribution in [0.5, 0.6) is 11.5 Å². The fourth-order valence-electron chi connectivity index (χ4n) is 4.10. The number of nitrogens with one attached hydrogen (secondary N) is 1. The number of rotatable bonds is 8. The van der Waals surface area contributed by atoms with E-state index in [9.17, 15) is 14.4 Å². The van der Waals surface area contributed by atoms with Crippen molar-refractivity contribution < 1.29 is 23.9 Å². The number of allylic oxidation sites excluding steroid dienone is 1. The van der Waals surface area contributed by atoms with Crippen LogP contribution in [0.3, 0.4) is 0 Å². The van der Waals surface area contributed by atoms with Gasteiger partial charge < -0.3 is 9.47 Å². The van der Waals surface area contributed by atoms with Gasteiger partial charge in [-0.2, -0.15) is 0 Å². The Hall–Kier alpha value is -4.36. The van der Waals surface area contributed by atoms with Gasteiger partial charge in [0.25, 0.3) is 11.8 Å². The molecule has 0 aliphatic carbocycles. The molecule has 0 bridgehead atoms. The molecule has 1 saturated heterocycles. The average Bonchev–Trinajstić information content (AvgIpc) is 2.87. The van der Waals surface area contributed by atoms with Gasteiger partial charge in [0.05, 0.1) is 12.8 Å². The number of carbonyl (C=O) groups is 3. The summed E-state index contributed by atoms with van der Waals surface area (Å²) in [6.07, 6.45) is 3.61. The molecule has 0 atom stereocenters. The van der Waals surface area contributed by atoms with E-state index in [-0.39, 0.29) is 12.2 Å². The molecule has 0 unspecified atom stereocenters. The van der Waals surface area contributed by atoms with Gasteiger partial charge >= 0.3 is 6.03 Å². The van der Waals surface area contributed by atoms with Crippen LogP contribution in [0.4, 0.5) is 10.5 Å². The van der Waals surface area contributed by atoms with Gasteiger partial charge in [-0.25, -0.2) is 9.69 Å². The number of methoxy groups -OCH3 is 1. The van der Waals surface area contributed by atoms with Crippen LogP contribution in [0.1, 0.15) is 27.8 Å². The Balaban J connectivity index is 1.70. The number of urea groups is 1. The molecule has 0 radical (unpaired) electrons. The lowest BCUT2D eigenvalue weighted by atomic mass is 10.0. The molecule has 1 N–H and O–H groups in total. The van der Waals surface area contributed by atoms with Gasteiger partial charge in [0, 0.05) is 10.6 Å². The molecule has 7 nitrogen and oxygen atoms in total. The molecular weight excluding hydrogens is 504 g/mol. The number of nitrogens with zero attached hydrogens (tertiary/aromatic N) is 1. The Morgan fingerprint density at radius 1 is 1.03 bits per heavy atom. The average molecular weight is 531 g/mol. The predicted octanol–water partition coefficient (Wildman–Crippen LogP) is 5.94. The molecular formula is C30H27ClN2O5. The summed E-state index contributed by atoms with van der Waals surface area (Å²) < 4.78 is 11.7. The van der Waals surface area contributed by atoms with E-state index in [0.717, 1.165) is 27.2 Å². The first-order chi connectivity index (χ1) is 18.2. The number of halogens is 1. The molecule has 1 heterocycles. The first-order valence-corrected chi connectivity index (χ1v) is 12.3. The second kappa shape index (κ2) is 11.4. The van der Waals surface area contributed by atoms with Crippen LogP contribution < -0.4 is 19.7 Å². The third-order valence-electron chi connectivity index (χ3n) is 6.17. The van der Waals surface area contributed by atoms with Crippen molar-refractivity contribution in [3.63, 3.8) is 0 Å². The van der Waals surface area contributed by atoms with E-state index < -0.39 is 17.8 Å². The lowest BCUT2D eigenvalue weighted by Gasteiger charge is -2.27. The zero-order valence-electron chi connectivity index (χ0n) is 21.3. The van der Waals surface area contributed by atoms with Crippen molar-refractivity contribution in [3.8, 4) is 11.5 Å². The standard InChI is InChI=1S/C30H27ClN2O5/c1-5-7-22-13-21(16-26(37-4)27(22)38-17-20-8-6-9-23(31)14-20)15-25-28(34)32-30(36)33(29(25)35)24-11-10-18(2)19(3)12-24/h5-6,8-16H,1,7,17H2,2-4H3,(H,32,34,36)/b25-15+. The quantitative estimate of drug-likeness (QED) is 0.221. The predicted molar refractivity (Wildman–Crippen MR) is 148 cm³/mol. The lowest BCUT2D eigenvalue weighted by molar-refractivity contribution is -0.122. The highest BCUT2D eigenvalue weighted by molar-refractivity contribution is 6.39. The summed E-state index contributed by atoms with van der Waals surface area (Å²) >= 11 is 6.09. The summed E-state index contributed by atoms with van der Waals surface area (Å²) in [5, 5.41) is 2.87. The van der Waals surface area contributed by atoms with Gasteiger partial charge in [0.15, 0.2) is 11.5 Å². The first kappa shape index (κ1) is 26.7. The van der Waals surface area contributed by atoms with Gasteiger partial charge in [0.2, 0.25) is 0 Å². The maximum atomic E-state index is 13.4. The smallest absolute Gasteiger partial charge is 0.335 e. The van der Waals surface area contributed by atoms with E-state index in [2.05, 4.69) is 11.9 Å². The van der Waals surface area contributed by atoms with Crippen LogP contribution in [0.15, 0.2) is 72.8 Å². The minimum absolute atomic E-state index is 0.179. The van der Waals surface area contributed by atoms with Crippen LogP contribution >= 0.6 is 11.6 Å². The van der Waals surface area contributed by atoms with E-state index in [4.69, 9.17) is 21.1 Å². The van der Waals surface area contributed by atoms with Crippen LogP contribution in [0, 0.1) is 13.8 Å². The Morgan fingerprint density at radius 2 is 1.82 bits per heavy atom. The number of benzene rings is 3. The number of carbonyl (C=O) groups excluding carboxylic acids is 3. The molecule has 8 heteroatoms. The summed E-state index contributed by atoms with van der Waals surface area (Å²) in [4.78, 5) is 39.6. The second-order valence-corrected chi connectivity index (χ2v) is 9.29. The van der Waals surface area contributed by atoms with Crippen molar-refractivity contribution in [2.75, 3.05) is 12.0 Å². The number of anilines is 1. The number of barbiturate groups is 1. The van der Waals surface area contributed by atoms with Gasteiger partial charge in [-0.3, -0.25) is 14.9 Å². The summed E-state index contributed by atoms with van der Waals surface area (Å²) in [7, 11) is 1.51. The first-order valence-electron chi connectivity index (χ1n) is 11.9. The molecule has 0 spiro atoms. The Kier molecular flexibility index (Phi) is 7.98. The monoisotopic (exact) mass is 530 g/mol. The van der Waals surface area contributed by atoms with Crippen LogP contribution in [0.2, 0.25) is 5.02 Å². The molecule has 0 aromatic heterocycles. The molecule has 4 rings (SSSR count). The fourth-order valence-corrected chi connectivity index (χ4v) is 4.31. The van der Waals surface area contributed by atoms with E-state index in [1.54, 1.807) is 36.4 Å². The zero-order valence-corrected chi connectivity index (χ0v) is 22.1. The summed E-state index contributed by atoms with van der Waals surface area (Å²) in [6.45, 7) is 7.90. The van der Waals surface area contributed by atoms with Crippen LogP contribution in [0.25, 0.3) is 6.08 Å².